The third-order valence-electron chi connectivity index (χ3n) is 10.5. The molecule has 0 aliphatic carbocycles. The summed E-state index contributed by atoms with van der Waals surface area (Å²) >= 11 is 0. The summed E-state index contributed by atoms with van der Waals surface area (Å²) < 4.78 is 22.7. The van der Waals surface area contributed by atoms with Gasteiger partial charge in [0.15, 0.2) is 0 Å². The van der Waals surface area contributed by atoms with Crippen molar-refractivity contribution in [2.45, 2.75) is 11.8 Å². The first-order chi connectivity index (χ1) is 25.6. The van der Waals surface area contributed by atoms with E-state index in [-0.39, 0.29) is 11.8 Å². The Morgan fingerprint density at radius 3 is 0.827 bits per heavy atom. The van der Waals surface area contributed by atoms with Gasteiger partial charge in [-0.3, -0.25) is 0 Å². The van der Waals surface area contributed by atoms with Crippen molar-refractivity contribution in [2.24, 2.45) is 0 Å². The van der Waals surface area contributed by atoms with Crippen molar-refractivity contribution >= 4 is 43.6 Å². The van der Waals surface area contributed by atoms with E-state index in [1.54, 1.807) is 28.4 Å². The molecular weight excluding hydrogens is 649 g/mol. The molecule has 0 saturated heterocycles. The summed E-state index contributed by atoms with van der Waals surface area (Å²) in [5.41, 5.74) is 11.2. The molecule has 0 aliphatic heterocycles. The minimum Gasteiger partial charge on any atom is -0.497 e. The van der Waals surface area contributed by atoms with Crippen molar-refractivity contribution in [3.8, 4) is 23.0 Å². The number of aromatic nitrogens is 4. The fourth-order valence-electron chi connectivity index (χ4n) is 7.88. The molecule has 0 unspecified atom stereocenters. The molecule has 0 spiro atoms. The number of benzene rings is 5. The first kappa shape index (κ1) is 31.4. The van der Waals surface area contributed by atoms with E-state index in [1.807, 2.05) is 24.3 Å². The number of fused-ring (bicyclic) bond motifs is 4. The zero-order valence-electron chi connectivity index (χ0n) is 29.3. The predicted molar refractivity (Wildman–Crippen MR) is 208 cm³/mol. The molecule has 8 heteroatoms. The molecule has 8 nitrogen and oxygen atoms in total. The zero-order chi connectivity index (χ0) is 35.3. The molecule has 0 aliphatic rings. The summed E-state index contributed by atoms with van der Waals surface area (Å²) in [7, 11) is 6.83. The fourth-order valence-corrected chi connectivity index (χ4v) is 7.88. The van der Waals surface area contributed by atoms with Gasteiger partial charge >= 0.3 is 0 Å². The molecule has 9 rings (SSSR count). The zero-order valence-corrected chi connectivity index (χ0v) is 29.3. The summed E-state index contributed by atoms with van der Waals surface area (Å²) in [6.45, 7) is 0. The average molecular weight is 687 g/mol. The van der Waals surface area contributed by atoms with E-state index in [0.717, 1.165) is 100.0 Å². The van der Waals surface area contributed by atoms with Gasteiger partial charge in [0.05, 0.1) is 28.4 Å². The van der Waals surface area contributed by atoms with Crippen molar-refractivity contribution in [1.29, 1.82) is 0 Å². The Kier molecular flexibility index (Phi) is 7.65. The largest absolute Gasteiger partial charge is 0.497 e. The molecule has 258 valence electrons. The monoisotopic (exact) mass is 686 g/mol. The molecule has 0 amide bonds. The molecule has 0 saturated carbocycles. The van der Waals surface area contributed by atoms with Gasteiger partial charge in [-0.1, -0.05) is 24.3 Å². The van der Waals surface area contributed by atoms with Crippen LogP contribution in [0.15, 0.2) is 122 Å². The van der Waals surface area contributed by atoms with Crippen molar-refractivity contribution in [1.82, 2.24) is 19.9 Å². The highest BCUT2D eigenvalue weighted by Gasteiger charge is 2.27. The van der Waals surface area contributed by atoms with E-state index in [0.29, 0.717) is 0 Å². The molecule has 52 heavy (non-hydrogen) atoms. The Bertz CT molecular complexity index is 2360. The van der Waals surface area contributed by atoms with Crippen LogP contribution in [0.2, 0.25) is 0 Å². The summed E-state index contributed by atoms with van der Waals surface area (Å²) in [6.07, 6.45) is 8.51. The summed E-state index contributed by atoms with van der Waals surface area (Å²) in [5, 5.41) is 4.46. The lowest BCUT2D eigenvalue weighted by Gasteiger charge is -2.21. The van der Waals surface area contributed by atoms with E-state index in [2.05, 4.69) is 118 Å². The number of methoxy groups -OCH3 is 4. The van der Waals surface area contributed by atoms with E-state index < -0.39 is 0 Å². The molecular formula is C44H38N4O4. The van der Waals surface area contributed by atoms with Crippen molar-refractivity contribution in [3.05, 3.63) is 155 Å². The Hall–Kier alpha value is -6.54. The van der Waals surface area contributed by atoms with Gasteiger partial charge in [0.2, 0.25) is 0 Å². The maximum atomic E-state index is 5.67. The molecule has 4 N–H and O–H groups in total. The Morgan fingerprint density at radius 1 is 0.346 bits per heavy atom. The number of hydrogen-bond donors (Lipinski definition) is 4. The highest BCUT2D eigenvalue weighted by molar-refractivity contribution is 5.92. The number of ether oxygens (including phenoxy) is 4. The first-order valence-electron chi connectivity index (χ1n) is 17.3. The molecule has 0 atom stereocenters. The third kappa shape index (κ3) is 5.14. The summed E-state index contributed by atoms with van der Waals surface area (Å²) in [5.74, 6) is 3.08. The van der Waals surface area contributed by atoms with Crippen LogP contribution in [-0.4, -0.2) is 48.4 Å². The van der Waals surface area contributed by atoms with Gasteiger partial charge in [0, 0.05) is 80.2 Å². The predicted octanol–water partition coefficient (Wildman–Crippen LogP) is 10.0. The molecule has 0 fully saturated rings. The van der Waals surface area contributed by atoms with E-state index >= 15 is 0 Å². The van der Waals surface area contributed by atoms with Crippen molar-refractivity contribution < 1.29 is 18.9 Å². The smallest absolute Gasteiger partial charge is 0.119 e. The van der Waals surface area contributed by atoms with Crippen LogP contribution >= 0.6 is 0 Å². The quantitative estimate of drug-likeness (QED) is 0.115. The van der Waals surface area contributed by atoms with Gasteiger partial charge in [-0.25, -0.2) is 0 Å². The lowest BCUT2D eigenvalue weighted by Crippen LogP contribution is -2.06. The van der Waals surface area contributed by atoms with Crippen LogP contribution in [0, 0.1) is 0 Å². The van der Waals surface area contributed by atoms with E-state index in [1.165, 1.54) is 0 Å². The molecule has 4 heterocycles. The van der Waals surface area contributed by atoms with Gasteiger partial charge in [0.25, 0.3) is 0 Å². The van der Waals surface area contributed by atoms with E-state index in [4.69, 9.17) is 18.9 Å². The van der Waals surface area contributed by atoms with Gasteiger partial charge in [-0.2, -0.15) is 0 Å². The highest BCUT2D eigenvalue weighted by Crippen LogP contribution is 2.44. The number of rotatable bonds is 10. The maximum absolute atomic E-state index is 5.67. The third-order valence-corrected chi connectivity index (χ3v) is 10.5. The summed E-state index contributed by atoms with van der Waals surface area (Å²) in [4.78, 5) is 14.1. The molecule has 5 aromatic carbocycles. The normalized spacial score (nSPS) is 11.8. The van der Waals surface area contributed by atoms with Gasteiger partial charge in [-0.15, -0.1) is 0 Å². The first-order valence-corrected chi connectivity index (χ1v) is 17.3. The second kappa shape index (κ2) is 12.7. The topological polar surface area (TPSA) is 100 Å². The van der Waals surface area contributed by atoms with Crippen LogP contribution < -0.4 is 18.9 Å². The number of aromatic amines is 4. The Balaban J connectivity index is 1.24. The Morgan fingerprint density at radius 2 is 0.596 bits per heavy atom. The van der Waals surface area contributed by atoms with Crippen LogP contribution in [0.5, 0.6) is 23.0 Å². The number of H-pyrrole nitrogens is 4. The van der Waals surface area contributed by atoms with Crippen LogP contribution in [-0.2, 0) is 0 Å². The van der Waals surface area contributed by atoms with Gasteiger partial charge in [-0.05, 0) is 106 Å². The summed E-state index contributed by atoms with van der Waals surface area (Å²) in [6, 6.07) is 33.8. The van der Waals surface area contributed by atoms with Crippen LogP contribution in [0.3, 0.4) is 0 Å². The average Bonchev–Trinajstić information content (AvgIpc) is 4.01. The van der Waals surface area contributed by atoms with Crippen LogP contribution in [0.1, 0.15) is 45.2 Å². The molecule has 0 radical (unpaired) electrons. The van der Waals surface area contributed by atoms with Crippen LogP contribution in [0.25, 0.3) is 43.6 Å². The second-order valence-electron chi connectivity index (χ2n) is 13.2. The van der Waals surface area contributed by atoms with Crippen molar-refractivity contribution in [2.75, 3.05) is 28.4 Å². The lowest BCUT2D eigenvalue weighted by atomic mass is 9.81. The molecule has 9 aromatic rings. The second-order valence-corrected chi connectivity index (χ2v) is 13.2. The number of hydrogen-bond acceptors (Lipinski definition) is 4. The van der Waals surface area contributed by atoms with Crippen LogP contribution in [0.4, 0.5) is 0 Å². The standard InChI is InChI=1S/C44H38N4O4/c1-49-27-9-13-39-31(17-27)35(21-45-39)43(36-22-46-40-14-10-28(50-2)18-32(36)40)25-5-7-26(8-6-25)44(37-23-47-41-15-11-29(51-3)19-33(37)41)38-24-48-42-16-12-30(52-4)20-34(38)42/h5-24,43-48H,1-4H3. The van der Waals surface area contributed by atoms with Crippen molar-refractivity contribution in [3.63, 3.8) is 0 Å². The molecule has 0 bridgehead atoms. The minimum absolute atomic E-state index is 0.0936. The fraction of sp³-hybridized carbons (Fsp3) is 0.136. The lowest BCUT2D eigenvalue weighted by molar-refractivity contribution is 0.415. The van der Waals surface area contributed by atoms with E-state index in [9.17, 15) is 0 Å². The highest BCUT2D eigenvalue weighted by atomic mass is 16.5. The minimum atomic E-state index is -0.0936. The molecule has 4 aromatic heterocycles. The Labute approximate surface area is 300 Å². The SMILES string of the molecule is COc1ccc2[nH]cc(C(c3ccc(C(c4c[nH]c5ccc(OC)cc45)c4c[nH]c5ccc(OC)cc45)cc3)c3c[nH]c4ccc(OC)cc34)c2c1. The maximum Gasteiger partial charge on any atom is 0.119 e. The van der Waals surface area contributed by atoms with Gasteiger partial charge in [0.1, 0.15) is 23.0 Å². The van der Waals surface area contributed by atoms with Gasteiger partial charge < -0.3 is 38.9 Å². The number of nitrogens with one attached hydrogen (secondary N) is 4.